The molecule has 0 fully saturated rings. The van der Waals surface area contributed by atoms with Crippen molar-refractivity contribution in [2.75, 3.05) is 5.32 Å². The summed E-state index contributed by atoms with van der Waals surface area (Å²) in [6.45, 7) is -0.116. The number of hydrogen-bond donors (Lipinski definition) is 3. The number of para-hydroxylation sites is 1. The summed E-state index contributed by atoms with van der Waals surface area (Å²) in [6, 6.07) is 19.9. The molecule has 3 N–H and O–H groups in total. The second-order valence-corrected chi connectivity index (χ2v) is 6.65. The summed E-state index contributed by atoms with van der Waals surface area (Å²) in [5.74, 6) is 0.000174. The van der Waals surface area contributed by atoms with E-state index in [9.17, 15) is 10.2 Å². The molecule has 1 heterocycles. The molecule has 0 unspecified atom stereocenters. The van der Waals surface area contributed by atoms with Crippen molar-refractivity contribution in [3.05, 3.63) is 95.3 Å². The molecule has 0 amide bonds. The highest BCUT2D eigenvalue weighted by atomic mass is 35.5. The maximum absolute atomic E-state index is 11.0. The molecule has 2 aromatic carbocycles. The van der Waals surface area contributed by atoms with E-state index in [1.165, 1.54) is 0 Å². The van der Waals surface area contributed by atoms with E-state index in [0.29, 0.717) is 26.8 Å². The smallest absolute Gasteiger partial charge is 0.288 e. The number of aliphatic hydroxyl groups excluding tert-OH is 2. The summed E-state index contributed by atoms with van der Waals surface area (Å²) in [5, 5.41) is 24.1. The molecule has 0 aliphatic heterocycles. The lowest BCUT2D eigenvalue weighted by atomic mass is 10.1. The molecule has 136 valence electrons. The summed E-state index contributed by atoms with van der Waals surface area (Å²) < 4.78 is 1.69. The summed E-state index contributed by atoms with van der Waals surface area (Å²) >= 11 is 11.5. The summed E-state index contributed by atoms with van der Waals surface area (Å²) in [5.41, 5.74) is 2.48. The van der Waals surface area contributed by atoms with Crippen LogP contribution in [0.1, 0.15) is 11.1 Å². The lowest BCUT2D eigenvalue weighted by molar-refractivity contribution is -0.576. The Kier molecular flexibility index (Phi) is 6.19. The first kappa shape index (κ1) is 19.0. The first-order valence-electron chi connectivity index (χ1n) is 8.25. The lowest BCUT2D eigenvalue weighted by Gasteiger charge is -2.10. The van der Waals surface area contributed by atoms with Gasteiger partial charge in [0.15, 0.2) is 23.1 Å². The number of thiocarbonyl (C=S) groups is 1. The highest BCUT2D eigenvalue weighted by Crippen LogP contribution is 2.21. The zero-order valence-electron chi connectivity index (χ0n) is 14.3. The average molecular weight is 398 g/mol. The Balaban J connectivity index is 2.09. The van der Waals surface area contributed by atoms with Gasteiger partial charge in [0.05, 0.1) is 6.61 Å². The monoisotopic (exact) mass is 397 g/mol. The van der Waals surface area contributed by atoms with Gasteiger partial charge in [-0.25, -0.2) is 0 Å². The normalized spacial score (nSPS) is 11.6. The number of nitrogens with one attached hydrogen (secondary N) is 1. The third-order valence-electron chi connectivity index (χ3n) is 3.89. The van der Waals surface area contributed by atoms with Crippen molar-refractivity contribution in [1.82, 2.24) is 0 Å². The van der Waals surface area contributed by atoms with Crippen LogP contribution in [-0.4, -0.2) is 15.2 Å². The Labute approximate surface area is 168 Å². The van der Waals surface area contributed by atoms with Gasteiger partial charge in [0, 0.05) is 27.9 Å². The minimum atomic E-state index is -0.116. The maximum Gasteiger partial charge on any atom is 0.288 e. The Morgan fingerprint density at radius 1 is 1.00 bits per heavy atom. The Morgan fingerprint density at radius 2 is 1.70 bits per heavy atom. The zero-order valence-corrected chi connectivity index (χ0v) is 15.9. The van der Waals surface area contributed by atoms with Gasteiger partial charge in [-0.2, -0.15) is 4.57 Å². The second-order valence-electron chi connectivity index (χ2n) is 5.80. The molecule has 0 atom stereocenters. The van der Waals surface area contributed by atoms with E-state index >= 15 is 0 Å². The Morgan fingerprint density at radius 3 is 2.37 bits per heavy atom. The molecule has 0 saturated heterocycles. The molecule has 0 radical (unpaired) electrons. The summed E-state index contributed by atoms with van der Waals surface area (Å²) in [4.78, 5) is 0.341. The van der Waals surface area contributed by atoms with Crippen LogP contribution in [0.2, 0.25) is 5.02 Å². The van der Waals surface area contributed by atoms with E-state index < -0.39 is 0 Å². The fraction of sp³-hybridized carbons (Fsp3) is 0.0476. The average Bonchev–Trinajstić information content (AvgIpc) is 2.69. The third kappa shape index (κ3) is 4.71. The van der Waals surface area contributed by atoms with E-state index in [0.717, 1.165) is 5.69 Å². The van der Waals surface area contributed by atoms with Crippen LogP contribution in [0.25, 0.3) is 11.5 Å². The molecule has 0 bridgehead atoms. The van der Waals surface area contributed by atoms with Gasteiger partial charge in [-0.1, -0.05) is 42.0 Å². The molecule has 3 rings (SSSR count). The number of rotatable bonds is 5. The number of benzene rings is 2. The van der Waals surface area contributed by atoms with Crippen LogP contribution >= 0.6 is 23.8 Å². The quantitative estimate of drug-likeness (QED) is 0.258. The first-order chi connectivity index (χ1) is 13.1. The van der Waals surface area contributed by atoms with Gasteiger partial charge in [0.2, 0.25) is 0 Å². The zero-order chi connectivity index (χ0) is 19.2. The maximum atomic E-state index is 11.0. The van der Waals surface area contributed by atoms with Crippen molar-refractivity contribution in [2.45, 2.75) is 6.61 Å². The second kappa shape index (κ2) is 8.77. The fourth-order valence-corrected chi connectivity index (χ4v) is 3.01. The molecule has 0 saturated carbocycles. The van der Waals surface area contributed by atoms with Crippen LogP contribution in [0, 0.1) is 0 Å². The SMILES string of the molecule is OCc1ccc[n+](C(C(=S)Nc2ccccc2)=C(O)c2ccc(Cl)cc2)c1. The van der Waals surface area contributed by atoms with Crippen molar-refractivity contribution < 1.29 is 14.8 Å². The fourth-order valence-electron chi connectivity index (χ4n) is 2.56. The molecule has 0 aliphatic carbocycles. The molecular weight excluding hydrogens is 380 g/mol. The summed E-state index contributed by atoms with van der Waals surface area (Å²) in [6.07, 6.45) is 3.49. The highest BCUT2D eigenvalue weighted by molar-refractivity contribution is 7.81. The predicted molar refractivity (Wildman–Crippen MR) is 112 cm³/mol. The molecule has 3 aromatic rings. The molecular formula is C21H18ClN2O2S+. The van der Waals surface area contributed by atoms with E-state index in [2.05, 4.69) is 5.32 Å². The van der Waals surface area contributed by atoms with Crippen molar-refractivity contribution in [1.29, 1.82) is 0 Å². The molecule has 27 heavy (non-hydrogen) atoms. The number of anilines is 1. The van der Waals surface area contributed by atoms with Crippen molar-refractivity contribution >= 4 is 46.0 Å². The Hall–Kier alpha value is -2.73. The molecule has 4 nitrogen and oxygen atoms in total. The van der Waals surface area contributed by atoms with Crippen LogP contribution in [0.15, 0.2) is 79.1 Å². The number of hydrogen-bond acceptors (Lipinski definition) is 3. The van der Waals surface area contributed by atoms with Crippen molar-refractivity contribution in [3.63, 3.8) is 0 Å². The van der Waals surface area contributed by atoms with Crippen LogP contribution in [0.5, 0.6) is 0 Å². The minimum Gasteiger partial charge on any atom is -0.502 e. The molecule has 1 aromatic heterocycles. The molecule has 0 spiro atoms. The van der Waals surface area contributed by atoms with E-state index in [4.69, 9.17) is 23.8 Å². The first-order valence-corrected chi connectivity index (χ1v) is 9.04. The number of nitrogens with zero attached hydrogens (tertiary/aromatic N) is 1. The van der Waals surface area contributed by atoms with Gasteiger partial charge in [-0.05, 0) is 42.5 Å². The van der Waals surface area contributed by atoms with Gasteiger partial charge in [-0.3, -0.25) is 0 Å². The topological polar surface area (TPSA) is 56.4 Å². The summed E-state index contributed by atoms with van der Waals surface area (Å²) in [7, 11) is 0. The van der Waals surface area contributed by atoms with Crippen LogP contribution in [0.3, 0.4) is 0 Å². The van der Waals surface area contributed by atoms with Crippen molar-refractivity contribution in [2.24, 2.45) is 0 Å². The molecule has 6 heteroatoms. The Bertz CT molecular complexity index is 973. The van der Waals surface area contributed by atoms with E-state index in [-0.39, 0.29) is 12.4 Å². The number of aromatic nitrogens is 1. The lowest BCUT2D eigenvalue weighted by Crippen LogP contribution is -2.39. The number of halogens is 1. The predicted octanol–water partition coefficient (Wildman–Crippen LogP) is 4.44. The highest BCUT2D eigenvalue weighted by Gasteiger charge is 2.24. The van der Waals surface area contributed by atoms with Gasteiger partial charge in [0.25, 0.3) is 5.70 Å². The van der Waals surface area contributed by atoms with Crippen LogP contribution in [0.4, 0.5) is 5.69 Å². The molecule has 0 aliphatic rings. The van der Waals surface area contributed by atoms with Crippen LogP contribution < -0.4 is 9.88 Å². The largest absolute Gasteiger partial charge is 0.502 e. The van der Waals surface area contributed by atoms with Gasteiger partial charge in [0.1, 0.15) is 0 Å². The van der Waals surface area contributed by atoms with Gasteiger partial charge in [-0.15, -0.1) is 0 Å². The standard InChI is InChI=1S/C21H17ClN2O2S/c22-17-10-8-16(9-11-17)20(26)19(24-12-4-5-15(13-24)14-25)21(27)23-18-6-2-1-3-7-18/h1-13,25H,14H2,(H-,23,26,27)/p+1. The van der Waals surface area contributed by atoms with Gasteiger partial charge >= 0.3 is 0 Å². The third-order valence-corrected chi connectivity index (χ3v) is 4.44. The minimum absolute atomic E-state index is 0.000174. The van der Waals surface area contributed by atoms with E-state index in [1.807, 2.05) is 30.3 Å². The van der Waals surface area contributed by atoms with Crippen molar-refractivity contribution in [3.8, 4) is 0 Å². The number of pyridine rings is 1. The number of aliphatic hydroxyl groups is 2. The van der Waals surface area contributed by atoms with Gasteiger partial charge < -0.3 is 15.5 Å². The van der Waals surface area contributed by atoms with Crippen LogP contribution in [-0.2, 0) is 6.61 Å². The van der Waals surface area contributed by atoms with E-state index in [1.54, 1.807) is 53.4 Å².